The molecule has 0 saturated carbocycles. The molecule has 0 spiro atoms. The molecule has 2 rings (SSSR count). The maximum atomic E-state index is 12.9. The van der Waals surface area contributed by atoms with Gasteiger partial charge in [-0.3, -0.25) is 14.5 Å². The lowest BCUT2D eigenvalue weighted by molar-refractivity contribution is -0.131. The monoisotopic (exact) mass is 424 g/mol. The molecule has 1 aliphatic rings. The number of benzene rings is 1. The molecule has 29 heavy (non-hydrogen) atoms. The van der Waals surface area contributed by atoms with Gasteiger partial charge in [0.15, 0.2) is 0 Å². The molecule has 0 radical (unpaired) electrons. The van der Waals surface area contributed by atoms with Gasteiger partial charge in [0.2, 0.25) is 21.8 Å². The van der Waals surface area contributed by atoms with Crippen molar-refractivity contribution < 1.29 is 18.0 Å². The second-order valence-electron chi connectivity index (χ2n) is 7.28. The number of rotatable bonds is 7. The summed E-state index contributed by atoms with van der Waals surface area (Å²) in [6, 6.07) is 4.58. The summed E-state index contributed by atoms with van der Waals surface area (Å²) in [5, 5.41) is 2.84. The maximum Gasteiger partial charge on any atom is 0.243 e. The van der Waals surface area contributed by atoms with Gasteiger partial charge >= 0.3 is 0 Å². The largest absolute Gasteiger partial charge is 0.340 e. The van der Waals surface area contributed by atoms with Crippen molar-refractivity contribution in [1.82, 2.24) is 14.1 Å². The maximum absolute atomic E-state index is 12.9. The SMILES string of the molecule is CCN(CC)S(=O)(=O)c1cc(NC(=O)C(C)N2CCN(C(C)=O)CC2)ccc1C. The Bertz CT molecular complexity index is 844. The van der Waals surface area contributed by atoms with Crippen LogP contribution < -0.4 is 5.32 Å². The van der Waals surface area contributed by atoms with Crippen LogP contribution in [-0.2, 0) is 19.6 Å². The average Bonchev–Trinajstić information content (AvgIpc) is 2.69. The molecule has 0 aliphatic carbocycles. The molecular weight excluding hydrogens is 392 g/mol. The Morgan fingerprint density at radius 2 is 1.72 bits per heavy atom. The van der Waals surface area contributed by atoms with Gasteiger partial charge in [-0.25, -0.2) is 8.42 Å². The molecule has 1 aromatic rings. The molecule has 1 unspecified atom stereocenters. The van der Waals surface area contributed by atoms with E-state index in [0.29, 0.717) is 50.5 Å². The predicted octanol–water partition coefficient (Wildman–Crippen LogP) is 1.52. The van der Waals surface area contributed by atoms with E-state index in [-0.39, 0.29) is 22.8 Å². The van der Waals surface area contributed by atoms with Crippen LogP contribution in [0.25, 0.3) is 0 Å². The Hall–Kier alpha value is -1.97. The highest BCUT2D eigenvalue weighted by Crippen LogP contribution is 2.24. The third kappa shape index (κ3) is 5.34. The van der Waals surface area contributed by atoms with E-state index in [9.17, 15) is 18.0 Å². The summed E-state index contributed by atoms with van der Waals surface area (Å²) in [7, 11) is -3.61. The van der Waals surface area contributed by atoms with E-state index in [0.717, 1.165) is 0 Å². The molecule has 1 heterocycles. The zero-order valence-corrected chi connectivity index (χ0v) is 18.8. The summed E-state index contributed by atoms with van der Waals surface area (Å²) in [5.41, 5.74) is 1.10. The summed E-state index contributed by atoms with van der Waals surface area (Å²) in [4.78, 5) is 28.2. The van der Waals surface area contributed by atoms with Crippen molar-refractivity contribution in [2.75, 3.05) is 44.6 Å². The highest BCUT2D eigenvalue weighted by Gasteiger charge is 2.27. The molecule has 1 fully saturated rings. The highest BCUT2D eigenvalue weighted by atomic mass is 32.2. The summed E-state index contributed by atoms with van der Waals surface area (Å²) in [6.07, 6.45) is 0. The lowest BCUT2D eigenvalue weighted by Crippen LogP contribution is -2.53. The van der Waals surface area contributed by atoms with Crippen molar-refractivity contribution in [3.63, 3.8) is 0 Å². The molecule has 0 aromatic heterocycles. The van der Waals surface area contributed by atoms with E-state index >= 15 is 0 Å². The molecule has 0 bridgehead atoms. The van der Waals surface area contributed by atoms with Crippen molar-refractivity contribution in [1.29, 1.82) is 0 Å². The van der Waals surface area contributed by atoms with Crippen LogP contribution in [0.15, 0.2) is 23.1 Å². The van der Waals surface area contributed by atoms with Crippen LogP contribution in [0.1, 0.15) is 33.3 Å². The first kappa shape index (κ1) is 23.3. The molecule has 1 aromatic carbocycles. The fourth-order valence-corrected chi connectivity index (χ4v) is 5.20. The Balaban J connectivity index is 2.12. The standard InChI is InChI=1S/C20H32N4O4S/c1-6-24(7-2)29(27,28)19-14-18(9-8-15(19)3)21-20(26)16(4)22-10-12-23(13-11-22)17(5)25/h8-9,14,16H,6-7,10-13H2,1-5H3,(H,21,26). The average molecular weight is 425 g/mol. The van der Waals surface area contributed by atoms with Crippen LogP contribution in [0.3, 0.4) is 0 Å². The van der Waals surface area contributed by atoms with Crippen LogP contribution >= 0.6 is 0 Å². The minimum absolute atomic E-state index is 0.0448. The van der Waals surface area contributed by atoms with Gasteiger partial charge in [-0.2, -0.15) is 4.31 Å². The minimum Gasteiger partial charge on any atom is -0.340 e. The smallest absolute Gasteiger partial charge is 0.243 e. The quantitative estimate of drug-likeness (QED) is 0.717. The Kier molecular flexibility index (Phi) is 7.79. The lowest BCUT2D eigenvalue weighted by atomic mass is 10.2. The fourth-order valence-electron chi connectivity index (χ4n) is 3.49. The molecule has 1 saturated heterocycles. The Morgan fingerprint density at radius 3 is 2.24 bits per heavy atom. The number of amides is 2. The first-order valence-electron chi connectivity index (χ1n) is 10.0. The van der Waals surface area contributed by atoms with Crippen LogP contribution in [-0.4, -0.2) is 79.6 Å². The first-order chi connectivity index (χ1) is 13.6. The highest BCUT2D eigenvalue weighted by molar-refractivity contribution is 7.89. The summed E-state index contributed by atoms with van der Waals surface area (Å²) < 4.78 is 27.2. The molecule has 1 aliphatic heterocycles. The fraction of sp³-hybridized carbons (Fsp3) is 0.600. The molecule has 162 valence electrons. The van der Waals surface area contributed by atoms with Gasteiger partial charge in [0.1, 0.15) is 0 Å². The number of aryl methyl sites for hydroxylation is 1. The number of piperazine rings is 1. The summed E-state index contributed by atoms with van der Waals surface area (Å²) in [5.74, 6) is -0.153. The van der Waals surface area contributed by atoms with E-state index in [1.54, 1.807) is 44.7 Å². The lowest BCUT2D eigenvalue weighted by Gasteiger charge is -2.37. The molecule has 1 atom stereocenters. The van der Waals surface area contributed by atoms with Crippen LogP contribution in [0.4, 0.5) is 5.69 Å². The van der Waals surface area contributed by atoms with E-state index in [2.05, 4.69) is 5.32 Å². The van der Waals surface area contributed by atoms with Gasteiger partial charge < -0.3 is 10.2 Å². The van der Waals surface area contributed by atoms with Gasteiger partial charge in [-0.05, 0) is 31.5 Å². The van der Waals surface area contributed by atoms with Crippen LogP contribution in [0.5, 0.6) is 0 Å². The van der Waals surface area contributed by atoms with Crippen LogP contribution in [0, 0.1) is 6.92 Å². The Labute approximate surface area is 173 Å². The van der Waals surface area contributed by atoms with Crippen molar-refractivity contribution >= 4 is 27.5 Å². The first-order valence-corrected chi connectivity index (χ1v) is 11.5. The number of sulfonamides is 1. The minimum atomic E-state index is -3.61. The van der Waals surface area contributed by atoms with Gasteiger partial charge in [0.05, 0.1) is 10.9 Å². The number of nitrogens with zero attached hydrogens (tertiary/aromatic N) is 3. The summed E-state index contributed by atoms with van der Waals surface area (Å²) in [6.45, 7) is 12.0. The van der Waals surface area contributed by atoms with Crippen molar-refractivity contribution in [3.05, 3.63) is 23.8 Å². The molecule has 9 heteroatoms. The Morgan fingerprint density at radius 1 is 1.14 bits per heavy atom. The van der Waals surface area contributed by atoms with E-state index < -0.39 is 10.0 Å². The number of hydrogen-bond donors (Lipinski definition) is 1. The van der Waals surface area contributed by atoms with E-state index in [1.165, 1.54) is 10.4 Å². The molecule has 1 N–H and O–H groups in total. The van der Waals surface area contributed by atoms with Crippen molar-refractivity contribution in [2.24, 2.45) is 0 Å². The van der Waals surface area contributed by atoms with Gasteiger partial charge in [-0.1, -0.05) is 19.9 Å². The summed E-state index contributed by atoms with van der Waals surface area (Å²) >= 11 is 0. The molecule has 8 nitrogen and oxygen atoms in total. The third-order valence-corrected chi connectivity index (χ3v) is 7.66. The molecular formula is C20H32N4O4S. The van der Waals surface area contributed by atoms with Gasteiger partial charge in [-0.15, -0.1) is 0 Å². The number of carbonyl (C=O) groups is 2. The second-order valence-corrected chi connectivity index (χ2v) is 9.18. The second kappa shape index (κ2) is 9.69. The molecule has 2 amide bonds. The van der Waals surface area contributed by atoms with E-state index in [1.807, 2.05) is 11.8 Å². The zero-order chi connectivity index (χ0) is 21.8. The van der Waals surface area contributed by atoms with Gasteiger partial charge in [0, 0.05) is 51.9 Å². The number of hydrogen-bond acceptors (Lipinski definition) is 5. The van der Waals surface area contributed by atoms with Gasteiger partial charge in [0.25, 0.3) is 0 Å². The number of carbonyl (C=O) groups excluding carboxylic acids is 2. The number of nitrogens with one attached hydrogen (secondary N) is 1. The predicted molar refractivity (Wildman–Crippen MR) is 113 cm³/mol. The van der Waals surface area contributed by atoms with Crippen molar-refractivity contribution in [2.45, 2.75) is 45.6 Å². The van der Waals surface area contributed by atoms with Crippen molar-refractivity contribution in [3.8, 4) is 0 Å². The normalized spacial score (nSPS) is 16.7. The van der Waals surface area contributed by atoms with E-state index in [4.69, 9.17) is 0 Å². The number of anilines is 1. The van der Waals surface area contributed by atoms with Crippen LogP contribution in [0.2, 0.25) is 0 Å². The topological polar surface area (TPSA) is 90.0 Å². The zero-order valence-electron chi connectivity index (χ0n) is 17.9. The third-order valence-electron chi connectivity index (χ3n) is 5.47.